The molecule has 0 bridgehead atoms. The number of thioether (sulfide) groups is 3. The molecule has 0 atom stereocenters. The first kappa shape index (κ1) is 19.7. The molecule has 1 N–H and O–H groups in total. The summed E-state index contributed by atoms with van der Waals surface area (Å²) in [5.41, 5.74) is 3.01. The van der Waals surface area contributed by atoms with Crippen molar-refractivity contribution in [3.8, 4) is 0 Å². The zero-order valence-electron chi connectivity index (χ0n) is 15.4. The fraction of sp³-hybridized carbons (Fsp3) is 0.333. The zero-order chi connectivity index (χ0) is 19.3. The summed E-state index contributed by atoms with van der Waals surface area (Å²) < 4.78 is 0.454. The molecule has 0 aromatic heterocycles. The second-order valence-corrected chi connectivity index (χ2v) is 10.5. The average Bonchev–Trinajstić information content (AvgIpc) is 3.27. The van der Waals surface area contributed by atoms with Crippen LogP contribution in [0, 0.1) is 0 Å². The predicted molar refractivity (Wildman–Crippen MR) is 121 cm³/mol. The van der Waals surface area contributed by atoms with E-state index < -0.39 is 0 Å². The summed E-state index contributed by atoms with van der Waals surface area (Å²) in [6, 6.07) is 16.0. The van der Waals surface area contributed by atoms with Crippen molar-refractivity contribution in [2.45, 2.75) is 22.3 Å². The molecule has 0 saturated carbocycles. The third-order valence-electron chi connectivity index (χ3n) is 4.66. The van der Waals surface area contributed by atoms with Crippen molar-refractivity contribution in [1.82, 2.24) is 0 Å². The molecule has 1 fully saturated rings. The molecule has 0 radical (unpaired) electrons. The van der Waals surface area contributed by atoms with Crippen molar-refractivity contribution in [1.29, 1.82) is 0 Å². The predicted octanol–water partition coefficient (Wildman–Crippen LogP) is 5.02. The van der Waals surface area contributed by atoms with Gasteiger partial charge >= 0.3 is 0 Å². The van der Waals surface area contributed by atoms with Crippen LogP contribution in [-0.2, 0) is 9.59 Å². The first-order valence-corrected chi connectivity index (χ1v) is 12.4. The number of hydrogen-bond acceptors (Lipinski definition) is 5. The summed E-state index contributed by atoms with van der Waals surface area (Å²) in [4.78, 5) is 28.0. The summed E-state index contributed by atoms with van der Waals surface area (Å²) in [6.07, 6.45) is 0.417. The Balaban J connectivity index is 1.33. The topological polar surface area (TPSA) is 49.4 Å². The Hall–Kier alpha value is -1.57. The number of amides is 2. The highest BCUT2D eigenvalue weighted by molar-refractivity contribution is 8.19. The van der Waals surface area contributed by atoms with Crippen LogP contribution >= 0.6 is 35.3 Å². The van der Waals surface area contributed by atoms with Crippen LogP contribution in [0.25, 0.3) is 0 Å². The van der Waals surface area contributed by atoms with Crippen LogP contribution in [0.2, 0.25) is 0 Å². The standard InChI is InChI=1S/C21H22N2O2S3/c24-19(22-16-5-3-4-15(14-16)21-27-12-13-28-21)8-9-20(25)23-10-11-26-18-7-2-1-6-17(18)23/h1-7,14,21H,8-13H2,(H,22,24). The quantitative estimate of drug-likeness (QED) is 0.722. The molecule has 2 aliphatic rings. The van der Waals surface area contributed by atoms with Crippen molar-refractivity contribution >= 4 is 58.5 Å². The van der Waals surface area contributed by atoms with Crippen molar-refractivity contribution in [2.75, 3.05) is 34.0 Å². The average molecular weight is 431 g/mol. The lowest BCUT2D eigenvalue weighted by Gasteiger charge is -2.29. The van der Waals surface area contributed by atoms with E-state index in [4.69, 9.17) is 0 Å². The molecule has 0 spiro atoms. The third-order valence-corrected chi connectivity index (χ3v) is 8.81. The summed E-state index contributed by atoms with van der Waals surface area (Å²) in [6.45, 7) is 0.695. The Kier molecular flexibility index (Phi) is 6.54. The molecule has 4 nitrogen and oxygen atoms in total. The largest absolute Gasteiger partial charge is 0.326 e. The molecular formula is C21H22N2O2S3. The van der Waals surface area contributed by atoms with Gasteiger partial charge < -0.3 is 10.2 Å². The van der Waals surface area contributed by atoms with E-state index in [0.717, 1.165) is 22.0 Å². The number of carbonyl (C=O) groups excluding carboxylic acids is 2. The molecule has 0 aliphatic carbocycles. The van der Waals surface area contributed by atoms with Gasteiger partial charge in [-0.15, -0.1) is 35.3 Å². The van der Waals surface area contributed by atoms with Gasteiger partial charge in [-0.05, 0) is 29.8 Å². The second-order valence-electron chi connectivity index (χ2n) is 6.61. The molecular weight excluding hydrogens is 408 g/mol. The SMILES string of the molecule is O=C(CCC(=O)N1CCSc2ccccc21)Nc1cccc(C2SCCS2)c1. The van der Waals surface area contributed by atoms with E-state index in [9.17, 15) is 9.59 Å². The van der Waals surface area contributed by atoms with Gasteiger partial charge in [0.15, 0.2) is 0 Å². The monoisotopic (exact) mass is 430 g/mol. The number of fused-ring (bicyclic) bond motifs is 1. The molecule has 2 aromatic rings. The molecule has 2 heterocycles. The second kappa shape index (κ2) is 9.29. The number of hydrogen-bond donors (Lipinski definition) is 1. The highest BCUT2D eigenvalue weighted by Crippen LogP contribution is 2.45. The van der Waals surface area contributed by atoms with Gasteiger partial charge in [-0.2, -0.15) is 0 Å². The number of anilines is 2. The minimum Gasteiger partial charge on any atom is -0.326 e. The molecule has 7 heteroatoms. The Morgan fingerprint density at radius 3 is 2.68 bits per heavy atom. The molecule has 2 aromatic carbocycles. The minimum absolute atomic E-state index is 0.00964. The smallest absolute Gasteiger partial charge is 0.227 e. The maximum absolute atomic E-state index is 12.7. The van der Waals surface area contributed by atoms with Gasteiger partial charge in [0.05, 0.1) is 10.3 Å². The van der Waals surface area contributed by atoms with Gasteiger partial charge in [-0.3, -0.25) is 9.59 Å². The minimum atomic E-state index is -0.114. The molecule has 4 rings (SSSR count). The van der Waals surface area contributed by atoms with Crippen LogP contribution in [0.15, 0.2) is 53.4 Å². The van der Waals surface area contributed by atoms with Crippen LogP contribution in [0.5, 0.6) is 0 Å². The molecule has 1 saturated heterocycles. The van der Waals surface area contributed by atoms with Crippen molar-refractivity contribution in [3.63, 3.8) is 0 Å². The number of nitrogens with one attached hydrogen (secondary N) is 1. The lowest BCUT2D eigenvalue weighted by molar-refractivity contribution is -0.122. The van der Waals surface area contributed by atoms with E-state index in [1.807, 2.05) is 70.9 Å². The number of para-hydroxylation sites is 1. The van der Waals surface area contributed by atoms with Gasteiger partial charge in [-0.1, -0.05) is 24.3 Å². The van der Waals surface area contributed by atoms with Crippen LogP contribution < -0.4 is 10.2 Å². The van der Waals surface area contributed by atoms with E-state index in [0.29, 0.717) is 11.1 Å². The van der Waals surface area contributed by atoms with Crippen molar-refractivity contribution < 1.29 is 9.59 Å². The maximum Gasteiger partial charge on any atom is 0.227 e. The third kappa shape index (κ3) is 4.70. The maximum atomic E-state index is 12.7. The summed E-state index contributed by atoms with van der Waals surface area (Å²) in [5, 5.41) is 2.95. The van der Waals surface area contributed by atoms with Gasteiger partial charge in [0.1, 0.15) is 0 Å². The van der Waals surface area contributed by atoms with Crippen LogP contribution in [0.3, 0.4) is 0 Å². The van der Waals surface area contributed by atoms with Crippen LogP contribution in [-0.4, -0.2) is 35.6 Å². The summed E-state index contributed by atoms with van der Waals surface area (Å²) >= 11 is 5.66. The number of benzene rings is 2. The molecule has 146 valence electrons. The van der Waals surface area contributed by atoms with E-state index in [-0.39, 0.29) is 24.7 Å². The van der Waals surface area contributed by atoms with Gasteiger partial charge in [-0.25, -0.2) is 0 Å². The van der Waals surface area contributed by atoms with Gasteiger partial charge in [0, 0.05) is 47.2 Å². The van der Waals surface area contributed by atoms with E-state index >= 15 is 0 Å². The van der Waals surface area contributed by atoms with Gasteiger partial charge in [0.25, 0.3) is 0 Å². The number of rotatable bonds is 5. The number of carbonyl (C=O) groups is 2. The fourth-order valence-electron chi connectivity index (χ4n) is 3.32. The summed E-state index contributed by atoms with van der Waals surface area (Å²) in [5.74, 6) is 3.13. The Labute approximate surface area is 178 Å². The lowest BCUT2D eigenvalue weighted by Crippen LogP contribution is -2.35. The molecule has 28 heavy (non-hydrogen) atoms. The zero-order valence-corrected chi connectivity index (χ0v) is 17.9. The molecule has 2 amide bonds. The Bertz CT molecular complexity index is 868. The Morgan fingerprint density at radius 2 is 1.82 bits per heavy atom. The highest BCUT2D eigenvalue weighted by atomic mass is 32.2. The fourth-order valence-corrected chi connectivity index (χ4v) is 7.15. The highest BCUT2D eigenvalue weighted by Gasteiger charge is 2.23. The van der Waals surface area contributed by atoms with E-state index in [1.54, 1.807) is 11.8 Å². The van der Waals surface area contributed by atoms with Crippen molar-refractivity contribution in [2.24, 2.45) is 0 Å². The van der Waals surface area contributed by atoms with Crippen molar-refractivity contribution in [3.05, 3.63) is 54.1 Å². The summed E-state index contributed by atoms with van der Waals surface area (Å²) in [7, 11) is 0. The van der Waals surface area contributed by atoms with E-state index in [2.05, 4.69) is 11.4 Å². The van der Waals surface area contributed by atoms with E-state index in [1.165, 1.54) is 17.1 Å². The van der Waals surface area contributed by atoms with Crippen LogP contribution in [0.4, 0.5) is 11.4 Å². The molecule has 2 aliphatic heterocycles. The molecule has 0 unspecified atom stereocenters. The first-order valence-electron chi connectivity index (χ1n) is 9.36. The Morgan fingerprint density at radius 1 is 1.00 bits per heavy atom. The van der Waals surface area contributed by atoms with Gasteiger partial charge in [0.2, 0.25) is 11.8 Å². The number of nitrogens with zero attached hydrogens (tertiary/aromatic N) is 1. The lowest BCUT2D eigenvalue weighted by atomic mass is 10.2. The first-order chi connectivity index (χ1) is 13.7. The van der Waals surface area contributed by atoms with Crippen LogP contribution in [0.1, 0.15) is 23.0 Å². The normalized spacial score (nSPS) is 16.6.